The van der Waals surface area contributed by atoms with Crippen LogP contribution in [0.15, 0.2) is 10.7 Å². The van der Waals surface area contributed by atoms with Gasteiger partial charge in [0.05, 0.1) is 28.5 Å². The van der Waals surface area contributed by atoms with Gasteiger partial charge in [0, 0.05) is 13.2 Å². The molecule has 2 unspecified atom stereocenters. The topological polar surface area (TPSA) is 39.1 Å². The summed E-state index contributed by atoms with van der Waals surface area (Å²) in [4.78, 5) is 0. The quantitative estimate of drug-likeness (QED) is 0.838. The highest BCUT2D eigenvalue weighted by atomic mass is 79.9. The van der Waals surface area contributed by atoms with Crippen LogP contribution in [-0.4, -0.2) is 29.5 Å². The fourth-order valence-electron chi connectivity index (χ4n) is 2.05. The van der Waals surface area contributed by atoms with E-state index in [0.717, 1.165) is 17.4 Å². The van der Waals surface area contributed by atoms with Gasteiger partial charge in [0.1, 0.15) is 0 Å². The molecular weight excluding hydrogens is 294 g/mol. The van der Waals surface area contributed by atoms with Crippen LogP contribution in [0, 0.1) is 0 Å². The molecule has 0 saturated heterocycles. The van der Waals surface area contributed by atoms with E-state index in [-0.39, 0.29) is 12.1 Å². The minimum absolute atomic E-state index is 0.219. The van der Waals surface area contributed by atoms with E-state index in [1.807, 2.05) is 6.20 Å². The second-order valence-electron chi connectivity index (χ2n) is 4.81. The number of aromatic nitrogens is 2. The number of hydrogen-bond acceptors (Lipinski definition) is 3. The van der Waals surface area contributed by atoms with E-state index >= 15 is 0 Å². The van der Waals surface area contributed by atoms with Crippen LogP contribution >= 0.6 is 15.9 Å². The fourth-order valence-corrected chi connectivity index (χ4v) is 2.60. The highest BCUT2D eigenvalue weighted by Crippen LogP contribution is 2.29. The van der Waals surface area contributed by atoms with Crippen molar-refractivity contribution in [2.45, 2.75) is 52.3 Å². The van der Waals surface area contributed by atoms with E-state index in [4.69, 9.17) is 4.74 Å². The maximum atomic E-state index is 5.38. The molecule has 1 rings (SSSR count). The average molecular weight is 318 g/mol. The Labute approximate surface area is 118 Å². The fraction of sp³-hybridized carbons (Fsp3) is 0.769. The number of nitrogens with one attached hydrogen (secondary N) is 1. The molecule has 2 atom stereocenters. The summed E-state index contributed by atoms with van der Waals surface area (Å²) < 4.78 is 8.51. The normalized spacial score (nSPS) is 15.1. The molecule has 4 nitrogen and oxygen atoms in total. The summed E-state index contributed by atoms with van der Waals surface area (Å²) >= 11 is 3.60. The van der Waals surface area contributed by atoms with Gasteiger partial charge in [-0.1, -0.05) is 6.92 Å². The van der Waals surface area contributed by atoms with Crippen LogP contribution in [0.25, 0.3) is 0 Å². The minimum atomic E-state index is 0.219. The monoisotopic (exact) mass is 317 g/mol. The maximum Gasteiger partial charge on any atom is 0.0699 e. The highest BCUT2D eigenvalue weighted by molar-refractivity contribution is 9.10. The van der Waals surface area contributed by atoms with Crippen LogP contribution in [0.2, 0.25) is 0 Å². The van der Waals surface area contributed by atoms with Gasteiger partial charge in [0.2, 0.25) is 0 Å². The third kappa shape index (κ3) is 3.80. The number of ether oxygens (including phenoxy) is 1. The van der Waals surface area contributed by atoms with Gasteiger partial charge >= 0.3 is 0 Å². The van der Waals surface area contributed by atoms with Gasteiger partial charge < -0.3 is 10.1 Å². The van der Waals surface area contributed by atoms with E-state index < -0.39 is 0 Å². The van der Waals surface area contributed by atoms with Gasteiger partial charge in [-0.05, 0) is 49.7 Å². The van der Waals surface area contributed by atoms with E-state index in [2.05, 4.69) is 58.7 Å². The Morgan fingerprint density at radius 2 is 2.11 bits per heavy atom. The zero-order valence-electron chi connectivity index (χ0n) is 11.9. The molecule has 0 aliphatic carbocycles. The van der Waals surface area contributed by atoms with Crippen molar-refractivity contribution in [1.29, 1.82) is 0 Å². The molecule has 0 aliphatic heterocycles. The molecule has 1 aromatic heterocycles. The Kier molecular flexibility index (Phi) is 6.32. The Morgan fingerprint density at radius 3 is 2.61 bits per heavy atom. The van der Waals surface area contributed by atoms with Crippen molar-refractivity contribution in [3.63, 3.8) is 0 Å². The second kappa shape index (κ2) is 7.26. The van der Waals surface area contributed by atoms with Gasteiger partial charge in [-0.25, -0.2) is 0 Å². The van der Waals surface area contributed by atoms with Gasteiger partial charge in [-0.2, -0.15) is 5.10 Å². The highest BCUT2D eigenvalue weighted by Gasteiger charge is 2.22. The average Bonchev–Trinajstić information content (AvgIpc) is 2.70. The molecule has 18 heavy (non-hydrogen) atoms. The molecule has 0 radical (unpaired) electrons. The molecule has 0 aromatic carbocycles. The lowest BCUT2D eigenvalue weighted by atomic mass is 10.1. The molecular formula is C13H24BrN3O. The predicted octanol–water partition coefficient (Wildman–Crippen LogP) is 3.30. The molecule has 1 aromatic rings. The summed E-state index contributed by atoms with van der Waals surface area (Å²) in [7, 11) is 1.75. The van der Waals surface area contributed by atoms with E-state index in [9.17, 15) is 0 Å². The van der Waals surface area contributed by atoms with Crippen LogP contribution in [0.4, 0.5) is 0 Å². The van der Waals surface area contributed by atoms with Crippen LogP contribution in [0.1, 0.15) is 51.9 Å². The van der Waals surface area contributed by atoms with Crippen molar-refractivity contribution in [2.75, 3.05) is 13.7 Å². The smallest absolute Gasteiger partial charge is 0.0699 e. The number of halogens is 1. The first-order chi connectivity index (χ1) is 8.51. The first kappa shape index (κ1) is 15.7. The van der Waals surface area contributed by atoms with Crippen molar-refractivity contribution in [2.24, 2.45) is 0 Å². The van der Waals surface area contributed by atoms with Crippen molar-refractivity contribution in [3.05, 3.63) is 16.4 Å². The molecule has 0 spiro atoms. The lowest BCUT2D eigenvalue weighted by Crippen LogP contribution is -2.28. The van der Waals surface area contributed by atoms with Crippen molar-refractivity contribution < 1.29 is 4.74 Å². The van der Waals surface area contributed by atoms with E-state index in [0.29, 0.717) is 6.04 Å². The molecule has 5 heteroatoms. The van der Waals surface area contributed by atoms with Gasteiger partial charge in [0.15, 0.2) is 0 Å². The van der Waals surface area contributed by atoms with Crippen molar-refractivity contribution >= 4 is 15.9 Å². The molecule has 104 valence electrons. The first-order valence-electron chi connectivity index (χ1n) is 6.50. The van der Waals surface area contributed by atoms with Crippen LogP contribution in [0.5, 0.6) is 0 Å². The zero-order chi connectivity index (χ0) is 13.7. The molecule has 1 N–H and O–H groups in total. The molecule has 0 aliphatic rings. The lowest BCUT2D eigenvalue weighted by molar-refractivity contribution is 0.0992. The summed E-state index contributed by atoms with van der Waals surface area (Å²) in [6, 6.07) is 0.606. The maximum absolute atomic E-state index is 5.38. The largest absolute Gasteiger partial charge is 0.382 e. The third-order valence-corrected chi connectivity index (χ3v) is 3.64. The minimum Gasteiger partial charge on any atom is -0.382 e. The number of nitrogens with zero attached hydrogens (tertiary/aromatic N) is 2. The molecule has 0 fully saturated rings. The second-order valence-corrected chi connectivity index (χ2v) is 5.66. The molecule has 0 amide bonds. The van der Waals surface area contributed by atoms with Crippen LogP contribution in [-0.2, 0) is 4.74 Å². The number of rotatable bonds is 7. The number of methoxy groups -OCH3 is 1. The SMILES string of the molecule is CCNC(CC(C)OC)c1c(Br)cnn1C(C)C. The first-order valence-corrected chi connectivity index (χ1v) is 7.29. The van der Waals surface area contributed by atoms with Crippen LogP contribution < -0.4 is 5.32 Å². The summed E-state index contributed by atoms with van der Waals surface area (Å²) in [5, 5.41) is 7.96. The zero-order valence-corrected chi connectivity index (χ0v) is 13.5. The van der Waals surface area contributed by atoms with Crippen molar-refractivity contribution in [1.82, 2.24) is 15.1 Å². The number of hydrogen-bond donors (Lipinski definition) is 1. The Hall–Kier alpha value is -0.390. The van der Waals surface area contributed by atoms with Crippen LogP contribution in [0.3, 0.4) is 0 Å². The molecule has 0 bridgehead atoms. The van der Waals surface area contributed by atoms with E-state index in [1.165, 1.54) is 5.69 Å². The lowest BCUT2D eigenvalue weighted by Gasteiger charge is -2.24. The van der Waals surface area contributed by atoms with Crippen molar-refractivity contribution in [3.8, 4) is 0 Å². The summed E-state index contributed by atoms with van der Waals surface area (Å²) in [5.74, 6) is 0. The van der Waals surface area contributed by atoms with Gasteiger partial charge in [-0.3, -0.25) is 4.68 Å². The predicted molar refractivity (Wildman–Crippen MR) is 77.8 cm³/mol. The molecule has 1 heterocycles. The Bertz CT molecular complexity index is 365. The Morgan fingerprint density at radius 1 is 1.44 bits per heavy atom. The summed E-state index contributed by atoms with van der Waals surface area (Å²) in [5.41, 5.74) is 1.20. The standard InChI is InChI=1S/C13H24BrN3O/c1-6-15-12(7-10(4)18-5)13-11(14)8-16-17(13)9(2)3/h8-10,12,15H,6-7H2,1-5H3. The summed E-state index contributed by atoms with van der Waals surface area (Å²) in [6.45, 7) is 9.43. The Balaban J connectivity index is 3.00. The molecule has 0 saturated carbocycles. The van der Waals surface area contributed by atoms with E-state index in [1.54, 1.807) is 7.11 Å². The third-order valence-electron chi connectivity index (χ3n) is 3.03. The van der Waals surface area contributed by atoms with Gasteiger partial charge in [0.25, 0.3) is 0 Å². The summed E-state index contributed by atoms with van der Waals surface area (Å²) in [6.07, 6.45) is 3.02. The van der Waals surface area contributed by atoms with Gasteiger partial charge in [-0.15, -0.1) is 0 Å².